The third-order valence-electron chi connectivity index (χ3n) is 4.16. The molecule has 0 unspecified atom stereocenters. The second-order valence-corrected chi connectivity index (χ2v) is 6.04. The fourth-order valence-electron chi connectivity index (χ4n) is 2.98. The van der Waals surface area contributed by atoms with Crippen molar-refractivity contribution in [3.05, 3.63) is 35.4 Å². The lowest BCUT2D eigenvalue weighted by Crippen LogP contribution is -2.09. The third-order valence-corrected chi connectivity index (χ3v) is 4.16. The molecular formula is C20H24N4O5. The van der Waals surface area contributed by atoms with Crippen molar-refractivity contribution in [3.8, 4) is 11.3 Å². The summed E-state index contributed by atoms with van der Waals surface area (Å²) in [5.74, 6) is -0.292. The molecule has 2 heterocycles. The normalized spacial score (nSPS) is 11.3. The molecule has 0 aliphatic heterocycles. The van der Waals surface area contributed by atoms with Crippen LogP contribution in [0.4, 0.5) is 11.8 Å². The first-order valence-corrected chi connectivity index (χ1v) is 9.36. The highest BCUT2D eigenvalue weighted by molar-refractivity contribution is 6.11. The Morgan fingerprint density at radius 3 is 2.28 bits per heavy atom. The van der Waals surface area contributed by atoms with E-state index in [0.29, 0.717) is 18.8 Å². The summed E-state index contributed by atoms with van der Waals surface area (Å²) in [6.45, 7) is 6.75. The summed E-state index contributed by atoms with van der Waals surface area (Å²) in [4.78, 5) is 20.6. The molecule has 0 saturated carbocycles. The average Bonchev–Trinajstić information content (AvgIpc) is 3.08. The van der Waals surface area contributed by atoms with E-state index in [1.807, 2.05) is 26.0 Å². The lowest BCUT2D eigenvalue weighted by molar-refractivity contribution is -0.140. The summed E-state index contributed by atoms with van der Waals surface area (Å²) >= 11 is 0. The Bertz CT molecular complexity index is 994. The van der Waals surface area contributed by atoms with E-state index in [4.69, 9.17) is 30.1 Å². The number of esters is 1. The molecule has 9 nitrogen and oxygen atoms in total. The maximum absolute atomic E-state index is 12.6. The van der Waals surface area contributed by atoms with Gasteiger partial charge in [-0.05, 0) is 20.8 Å². The van der Waals surface area contributed by atoms with Gasteiger partial charge in [-0.2, -0.15) is 9.97 Å². The fraction of sp³-hybridized carbons (Fsp3) is 0.350. The van der Waals surface area contributed by atoms with Crippen LogP contribution < -0.4 is 11.5 Å². The molecule has 0 spiro atoms. The predicted molar refractivity (Wildman–Crippen MR) is 108 cm³/mol. The highest BCUT2D eigenvalue weighted by atomic mass is 16.7. The Kier molecular flexibility index (Phi) is 6.30. The van der Waals surface area contributed by atoms with Crippen LogP contribution in [-0.2, 0) is 14.2 Å². The number of nitrogens with zero attached hydrogens (tertiary/aromatic N) is 2. The first kappa shape index (κ1) is 20.6. The van der Waals surface area contributed by atoms with E-state index >= 15 is 0 Å². The average molecular weight is 400 g/mol. The van der Waals surface area contributed by atoms with Gasteiger partial charge in [-0.15, -0.1) is 0 Å². The Morgan fingerprint density at radius 1 is 1.03 bits per heavy atom. The summed E-state index contributed by atoms with van der Waals surface area (Å²) in [5, 5.41) is 0.276. The number of nitrogens with two attached hydrogens (primary N) is 2. The zero-order valence-electron chi connectivity index (χ0n) is 16.6. The van der Waals surface area contributed by atoms with Crippen LogP contribution in [0.15, 0.2) is 28.7 Å². The van der Waals surface area contributed by atoms with Crippen LogP contribution in [0.3, 0.4) is 0 Å². The number of ether oxygens (including phenoxy) is 3. The van der Waals surface area contributed by atoms with Crippen LogP contribution in [0.5, 0.6) is 0 Å². The minimum absolute atomic E-state index is 0.0441. The number of benzene rings is 1. The minimum Gasteiger partial charge on any atom is -0.462 e. The van der Waals surface area contributed by atoms with Gasteiger partial charge in [0.25, 0.3) is 0 Å². The number of hydrogen-bond acceptors (Lipinski definition) is 9. The zero-order chi connectivity index (χ0) is 21.0. The molecule has 0 amide bonds. The quantitative estimate of drug-likeness (QED) is 0.431. The lowest BCUT2D eigenvalue weighted by Gasteiger charge is -2.17. The minimum atomic E-state index is -0.577. The number of rotatable bonds is 8. The van der Waals surface area contributed by atoms with Gasteiger partial charge in [0.2, 0.25) is 11.7 Å². The molecule has 3 aromatic rings. The highest BCUT2D eigenvalue weighted by Gasteiger charge is 2.27. The van der Waals surface area contributed by atoms with Gasteiger partial charge in [0, 0.05) is 24.3 Å². The number of carbonyl (C=O) groups excluding carboxylic acids is 1. The molecule has 0 aliphatic carbocycles. The monoisotopic (exact) mass is 400 g/mol. The summed E-state index contributed by atoms with van der Waals surface area (Å²) in [5.41, 5.74) is 13.4. The summed E-state index contributed by atoms with van der Waals surface area (Å²) in [6.07, 6.45) is -0.472. The molecule has 0 bridgehead atoms. The topological polar surface area (TPSA) is 136 Å². The van der Waals surface area contributed by atoms with Crippen molar-refractivity contribution in [3.63, 3.8) is 0 Å². The molecule has 0 fully saturated rings. The van der Waals surface area contributed by atoms with Crippen molar-refractivity contribution in [2.24, 2.45) is 0 Å². The van der Waals surface area contributed by atoms with Gasteiger partial charge in [0.1, 0.15) is 11.4 Å². The second kappa shape index (κ2) is 8.89. The first-order valence-electron chi connectivity index (χ1n) is 9.36. The van der Waals surface area contributed by atoms with Crippen molar-refractivity contribution in [2.45, 2.75) is 27.1 Å². The molecule has 0 saturated heterocycles. The van der Waals surface area contributed by atoms with Gasteiger partial charge in [-0.25, -0.2) is 4.79 Å². The van der Waals surface area contributed by atoms with Crippen molar-refractivity contribution in [2.75, 3.05) is 31.3 Å². The van der Waals surface area contributed by atoms with Crippen molar-refractivity contribution in [1.29, 1.82) is 0 Å². The standard InChI is InChI=1S/C20H24N4O5/c1-4-26-18(25)13-14-16(21)23-20(22)24-17(14)29-15(13)11-7-9-12(10-8-11)19(27-5-2)28-6-3/h7-10,19H,4-6H2,1-3H3,(H4,21,22,23,24). The maximum Gasteiger partial charge on any atom is 0.342 e. The van der Waals surface area contributed by atoms with Gasteiger partial charge in [-0.3, -0.25) is 0 Å². The van der Waals surface area contributed by atoms with E-state index in [0.717, 1.165) is 5.56 Å². The van der Waals surface area contributed by atoms with Crippen LogP contribution >= 0.6 is 0 Å². The number of furan rings is 1. The molecule has 9 heteroatoms. The first-order chi connectivity index (χ1) is 14.0. The highest BCUT2D eigenvalue weighted by Crippen LogP contribution is 2.36. The SMILES string of the molecule is CCOC(=O)c1c(-c2ccc(C(OCC)OCC)cc2)oc2nc(N)nc(N)c12. The Hall–Kier alpha value is -3.17. The van der Waals surface area contributed by atoms with Crippen LogP contribution in [0.1, 0.15) is 43.0 Å². The summed E-state index contributed by atoms with van der Waals surface area (Å²) in [6, 6.07) is 7.29. The van der Waals surface area contributed by atoms with Crippen LogP contribution in [-0.4, -0.2) is 35.8 Å². The number of anilines is 2. The van der Waals surface area contributed by atoms with Crippen molar-refractivity contribution in [1.82, 2.24) is 9.97 Å². The molecular weight excluding hydrogens is 376 g/mol. The van der Waals surface area contributed by atoms with E-state index in [2.05, 4.69) is 9.97 Å². The third kappa shape index (κ3) is 4.15. The molecule has 0 atom stereocenters. The van der Waals surface area contributed by atoms with Gasteiger partial charge in [-0.1, -0.05) is 24.3 Å². The number of nitrogen functional groups attached to an aromatic ring is 2. The Morgan fingerprint density at radius 2 is 1.69 bits per heavy atom. The number of aromatic nitrogens is 2. The van der Waals surface area contributed by atoms with Gasteiger partial charge in [0.05, 0.1) is 12.0 Å². The summed E-state index contributed by atoms with van der Waals surface area (Å²) < 4.78 is 22.3. The molecule has 4 N–H and O–H groups in total. The molecule has 0 aliphatic rings. The Balaban J connectivity index is 2.10. The van der Waals surface area contributed by atoms with Crippen molar-refractivity contribution >= 4 is 28.8 Å². The van der Waals surface area contributed by atoms with E-state index < -0.39 is 12.3 Å². The largest absolute Gasteiger partial charge is 0.462 e. The maximum atomic E-state index is 12.6. The molecule has 29 heavy (non-hydrogen) atoms. The van der Waals surface area contributed by atoms with Gasteiger partial charge < -0.3 is 30.1 Å². The molecule has 0 radical (unpaired) electrons. The lowest BCUT2D eigenvalue weighted by atomic mass is 10.0. The van der Waals surface area contributed by atoms with Crippen LogP contribution in [0.2, 0.25) is 0 Å². The van der Waals surface area contributed by atoms with E-state index in [-0.39, 0.29) is 40.8 Å². The molecule has 3 rings (SSSR count). The van der Waals surface area contributed by atoms with E-state index in [1.54, 1.807) is 19.1 Å². The summed E-state index contributed by atoms with van der Waals surface area (Å²) in [7, 11) is 0. The second-order valence-electron chi connectivity index (χ2n) is 6.04. The number of hydrogen-bond donors (Lipinski definition) is 2. The fourth-order valence-corrected chi connectivity index (χ4v) is 2.98. The Labute approximate surface area is 168 Å². The smallest absolute Gasteiger partial charge is 0.342 e. The van der Waals surface area contributed by atoms with Crippen molar-refractivity contribution < 1.29 is 23.4 Å². The molecule has 1 aromatic carbocycles. The number of carbonyl (C=O) groups is 1. The van der Waals surface area contributed by atoms with Crippen LogP contribution in [0, 0.1) is 0 Å². The molecule has 2 aromatic heterocycles. The zero-order valence-corrected chi connectivity index (χ0v) is 16.6. The van der Waals surface area contributed by atoms with Crippen LogP contribution in [0.25, 0.3) is 22.4 Å². The van der Waals surface area contributed by atoms with Gasteiger partial charge in [0.15, 0.2) is 12.1 Å². The van der Waals surface area contributed by atoms with Gasteiger partial charge >= 0.3 is 5.97 Å². The molecule has 154 valence electrons. The number of fused-ring (bicyclic) bond motifs is 1. The van der Waals surface area contributed by atoms with E-state index in [1.165, 1.54) is 0 Å². The predicted octanol–water partition coefficient (Wildman–Crippen LogP) is 3.30. The van der Waals surface area contributed by atoms with E-state index in [9.17, 15) is 4.79 Å².